The number of benzene rings is 1. The number of thiazole rings is 1. The molecule has 0 aliphatic heterocycles. The topological polar surface area (TPSA) is 50.5 Å². The molecule has 0 fully saturated rings. The Labute approximate surface area is 168 Å². The molecule has 144 valence electrons. The maximum Gasteiger partial charge on any atom is 0.234 e. The summed E-state index contributed by atoms with van der Waals surface area (Å²) in [4.78, 5) is 7.59. The highest BCUT2D eigenvalue weighted by Crippen LogP contribution is 2.37. The van der Waals surface area contributed by atoms with E-state index in [1.807, 2.05) is 49.0 Å². The summed E-state index contributed by atoms with van der Waals surface area (Å²) in [6.07, 6.45) is 0. The van der Waals surface area contributed by atoms with Gasteiger partial charge < -0.3 is 19.4 Å². The van der Waals surface area contributed by atoms with Crippen LogP contribution in [0.2, 0.25) is 0 Å². The fraction of sp³-hybridized carbons (Fsp3) is 0.350. The zero-order chi connectivity index (χ0) is 19.2. The van der Waals surface area contributed by atoms with Gasteiger partial charge in [-0.1, -0.05) is 41.7 Å². The maximum atomic E-state index is 5.88. The van der Waals surface area contributed by atoms with E-state index in [4.69, 9.17) is 9.15 Å². The van der Waals surface area contributed by atoms with Gasteiger partial charge in [-0.2, -0.15) is 16.7 Å². The van der Waals surface area contributed by atoms with Gasteiger partial charge in [-0.15, -0.1) is 0 Å². The van der Waals surface area contributed by atoms with Crippen molar-refractivity contribution in [3.05, 3.63) is 47.7 Å². The van der Waals surface area contributed by atoms with Gasteiger partial charge in [-0.25, -0.2) is 0 Å². The molecule has 5 nitrogen and oxygen atoms in total. The van der Waals surface area contributed by atoms with E-state index >= 15 is 0 Å². The number of anilines is 2. The van der Waals surface area contributed by atoms with Gasteiger partial charge >= 0.3 is 0 Å². The van der Waals surface area contributed by atoms with Crippen molar-refractivity contribution in [1.29, 1.82) is 0 Å². The monoisotopic (exact) mass is 403 g/mol. The van der Waals surface area contributed by atoms with Crippen molar-refractivity contribution in [2.45, 2.75) is 12.7 Å². The Kier molecular flexibility index (Phi) is 6.68. The van der Waals surface area contributed by atoms with Gasteiger partial charge in [-0.3, -0.25) is 0 Å². The highest BCUT2D eigenvalue weighted by molar-refractivity contribution is 7.98. The summed E-state index contributed by atoms with van der Waals surface area (Å²) in [6, 6.07) is 12.3. The van der Waals surface area contributed by atoms with Gasteiger partial charge in [0.25, 0.3) is 0 Å². The molecular weight excluding hydrogens is 378 g/mol. The minimum absolute atomic E-state index is 0.670. The summed E-state index contributed by atoms with van der Waals surface area (Å²) in [7, 11) is 5.64. The summed E-state index contributed by atoms with van der Waals surface area (Å²) in [6.45, 7) is 2.94. The molecule has 0 amide bonds. The van der Waals surface area contributed by atoms with Crippen molar-refractivity contribution in [3.8, 4) is 16.3 Å². The number of thioether (sulfide) groups is 1. The van der Waals surface area contributed by atoms with E-state index in [1.54, 1.807) is 18.4 Å². The van der Waals surface area contributed by atoms with Gasteiger partial charge in [0.2, 0.25) is 5.88 Å². The van der Waals surface area contributed by atoms with Gasteiger partial charge in [0.15, 0.2) is 11.0 Å². The van der Waals surface area contributed by atoms with Crippen molar-refractivity contribution < 1.29 is 9.15 Å². The number of nitrogens with one attached hydrogen (secondary N) is 1. The summed E-state index contributed by atoms with van der Waals surface area (Å²) in [5.74, 6) is 4.47. The number of hydrogen-bond acceptors (Lipinski definition) is 7. The second kappa shape index (κ2) is 9.19. The molecule has 0 unspecified atom stereocenters. The molecule has 0 aliphatic rings. The number of hydrogen-bond donors (Lipinski definition) is 1. The molecule has 0 atom stereocenters. The van der Waals surface area contributed by atoms with Crippen molar-refractivity contribution in [2.24, 2.45) is 0 Å². The Balaban J connectivity index is 1.50. The van der Waals surface area contributed by atoms with Crippen molar-refractivity contribution in [3.63, 3.8) is 0 Å². The number of furan rings is 1. The zero-order valence-corrected chi connectivity index (χ0v) is 17.7. The minimum atomic E-state index is 0.670. The average Bonchev–Trinajstić information content (AvgIpc) is 3.26. The second-order valence-corrected chi connectivity index (χ2v) is 8.39. The van der Waals surface area contributed by atoms with Crippen LogP contribution in [0, 0.1) is 6.92 Å². The Bertz CT molecular complexity index is 859. The molecule has 0 aliphatic carbocycles. The normalized spacial score (nSPS) is 10.8. The third-order valence-electron chi connectivity index (χ3n) is 4.03. The summed E-state index contributed by atoms with van der Waals surface area (Å²) in [5.41, 5.74) is 2.33. The Morgan fingerprint density at radius 3 is 2.70 bits per heavy atom. The molecule has 3 rings (SSSR count). The van der Waals surface area contributed by atoms with E-state index in [9.17, 15) is 0 Å². The SMILES string of the molecule is COc1nc(NCCSCc2oc(N(C)C)cc2C)sc1-c1ccccc1. The highest BCUT2D eigenvalue weighted by atomic mass is 32.2. The lowest BCUT2D eigenvalue weighted by Gasteiger charge is -2.06. The van der Waals surface area contributed by atoms with E-state index < -0.39 is 0 Å². The molecule has 0 radical (unpaired) electrons. The number of aryl methyl sites for hydroxylation is 1. The molecule has 1 N–H and O–H groups in total. The molecule has 2 heterocycles. The lowest BCUT2D eigenvalue weighted by molar-refractivity contribution is 0.402. The Hall–Kier alpha value is -2.12. The van der Waals surface area contributed by atoms with Crippen LogP contribution in [0.25, 0.3) is 10.4 Å². The fourth-order valence-corrected chi connectivity index (χ4v) is 4.38. The molecule has 2 aromatic heterocycles. The predicted octanol–water partition coefficient (Wildman–Crippen LogP) is 5.13. The largest absolute Gasteiger partial charge is 0.480 e. The van der Waals surface area contributed by atoms with Crippen molar-refractivity contribution in [1.82, 2.24) is 4.98 Å². The van der Waals surface area contributed by atoms with E-state index in [2.05, 4.69) is 35.4 Å². The third-order valence-corrected chi connectivity index (χ3v) is 6.03. The van der Waals surface area contributed by atoms with Crippen LogP contribution in [-0.2, 0) is 5.75 Å². The molecule has 1 aromatic carbocycles. The molecule has 7 heteroatoms. The van der Waals surface area contributed by atoms with Crippen LogP contribution in [0.4, 0.5) is 11.0 Å². The smallest absolute Gasteiger partial charge is 0.234 e. The fourth-order valence-electron chi connectivity index (χ4n) is 2.55. The first kappa shape index (κ1) is 19.6. The third kappa shape index (κ3) is 4.99. The van der Waals surface area contributed by atoms with E-state index in [0.717, 1.165) is 45.3 Å². The molecule has 27 heavy (non-hydrogen) atoms. The minimum Gasteiger partial charge on any atom is -0.480 e. The van der Waals surface area contributed by atoms with Crippen LogP contribution >= 0.6 is 23.1 Å². The van der Waals surface area contributed by atoms with Crippen LogP contribution in [0.5, 0.6) is 5.88 Å². The van der Waals surface area contributed by atoms with E-state index in [0.29, 0.717) is 5.88 Å². The first-order valence-corrected chi connectivity index (χ1v) is 10.7. The number of methoxy groups -OCH3 is 1. The first-order valence-electron chi connectivity index (χ1n) is 8.77. The highest BCUT2D eigenvalue weighted by Gasteiger charge is 2.13. The molecule has 0 spiro atoms. The van der Waals surface area contributed by atoms with Crippen LogP contribution in [0.3, 0.4) is 0 Å². The van der Waals surface area contributed by atoms with Gasteiger partial charge in [0.05, 0.1) is 12.9 Å². The van der Waals surface area contributed by atoms with Crippen LogP contribution in [-0.4, -0.2) is 38.5 Å². The molecular formula is C20H25N3O2S2. The Morgan fingerprint density at radius 2 is 2.04 bits per heavy atom. The summed E-state index contributed by atoms with van der Waals surface area (Å²) in [5, 5.41) is 4.29. The molecule has 0 saturated carbocycles. The Morgan fingerprint density at radius 1 is 1.26 bits per heavy atom. The number of rotatable bonds is 9. The van der Waals surface area contributed by atoms with Crippen molar-refractivity contribution in [2.75, 3.05) is 43.7 Å². The van der Waals surface area contributed by atoms with E-state index in [1.165, 1.54) is 5.56 Å². The van der Waals surface area contributed by atoms with Gasteiger partial charge in [0.1, 0.15) is 10.6 Å². The summed E-state index contributed by atoms with van der Waals surface area (Å²) < 4.78 is 11.3. The quantitative estimate of drug-likeness (QED) is 0.500. The van der Waals surface area contributed by atoms with Crippen LogP contribution < -0.4 is 15.0 Å². The molecule has 3 aromatic rings. The van der Waals surface area contributed by atoms with Gasteiger partial charge in [-0.05, 0) is 18.1 Å². The zero-order valence-electron chi connectivity index (χ0n) is 16.1. The predicted molar refractivity (Wildman–Crippen MR) is 117 cm³/mol. The van der Waals surface area contributed by atoms with Gasteiger partial charge in [0, 0.05) is 32.5 Å². The van der Waals surface area contributed by atoms with Crippen LogP contribution in [0.15, 0.2) is 40.8 Å². The lowest BCUT2D eigenvalue weighted by atomic mass is 10.2. The van der Waals surface area contributed by atoms with Crippen molar-refractivity contribution >= 4 is 34.1 Å². The number of aromatic nitrogens is 1. The number of ether oxygens (including phenoxy) is 1. The molecule has 0 saturated heterocycles. The van der Waals surface area contributed by atoms with Crippen LogP contribution in [0.1, 0.15) is 11.3 Å². The second-order valence-electron chi connectivity index (χ2n) is 6.29. The average molecular weight is 404 g/mol. The first-order chi connectivity index (χ1) is 13.1. The standard InChI is InChI=1S/C20H25N3O2S2/c1-14-12-17(23(2)3)25-16(14)13-26-11-10-21-20-22-19(24-4)18(27-20)15-8-6-5-7-9-15/h5-9,12H,10-11,13H2,1-4H3,(H,21,22). The number of nitrogens with zero attached hydrogens (tertiary/aromatic N) is 2. The summed E-state index contributed by atoms with van der Waals surface area (Å²) >= 11 is 3.47. The van der Waals surface area contributed by atoms with E-state index in [-0.39, 0.29) is 0 Å². The maximum absolute atomic E-state index is 5.88. The molecule has 0 bridgehead atoms. The lowest BCUT2D eigenvalue weighted by Crippen LogP contribution is -2.06.